The van der Waals surface area contributed by atoms with Crippen LogP contribution in [0.3, 0.4) is 0 Å². The Morgan fingerprint density at radius 3 is 2.78 bits per heavy atom. The average Bonchev–Trinajstić information content (AvgIpc) is 2.77. The van der Waals surface area contributed by atoms with Crippen LogP contribution >= 0.6 is 0 Å². The van der Waals surface area contributed by atoms with Crippen molar-refractivity contribution >= 4 is 5.70 Å². The van der Waals surface area contributed by atoms with Crippen LogP contribution in [0.2, 0.25) is 0 Å². The van der Waals surface area contributed by atoms with Crippen molar-refractivity contribution in [2.75, 3.05) is 5.43 Å². The molecule has 1 fully saturated rings. The zero-order valence-electron chi connectivity index (χ0n) is 10.3. The molecule has 0 spiro atoms. The van der Waals surface area contributed by atoms with Crippen LogP contribution in [0.1, 0.15) is 31.5 Å². The van der Waals surface area contributed by atoms with Gasteiger partial charge in [0.2, 0.25) is 0 Å². The highest BCUT2D eigenvalue weighted by atomic mass is 15.5. The Labute approximate surface area is 106 Å². The second kappa shape index (κ2) is 4.00. The molecule has 2 heterocycles. The van der Waals surface area contributed by atoms with Gasteiger partial charge in [-0.1, -0.05) is 0 Å². The van der Waals surface area contributed by atoms with Gasteiger partial charge in [-0.05, 0) is 31.8 Å². The van der Waals surface area contributed by atoms with Crippen LogP contribution in [0.5, 0.6) is 0 Å². The third kappa shape index (κ3) is 1.77. The highest BCUT2D eigenvalue weighted by Gasteiger charge is 2.38. The Bertz CT molecular complexity index is 471. The number of hydrogen-bond donors (Lipinski definition) is 4. The van der Waals surface area contributed by atoms with Crippen LogP contribution < -0.4 is 22.6 Å². The zero-order valence-corrected chi connectivity index (χ0v) is 10.3. The fraction of sp³-hybridized carbons (Fsp3) is 0.583. The van der Waals surface area contributed by atoms with Gasteiger partial charge in [-0.2, -0.15) is 0 Å². The largest absolute Gasteiger partial charge is 0.396 e. The number of nitrogens with one attached hydrogen (secondary N) is 1. The Morgan fingerprint density at radius 2 is 2.06 bits per heavy atom. The lowest BCUT2D eigenvalue weighted by atomic mass is 9.78. The fourth-order valence-electron chi connectivity index (χ4n) is 2.98. The van der Waals surface area contributed by atoms with Crippen LogP contribution in [0.15, 0.2) is 18.5 Å². The molecule has 0 radical (unpaired) electrons. The smallest absolute Gasteiger partial charge is 0.174 e. The number of rotatable bonds is 1. The van der Waals surface area contributed by atoms with E-state index in [-0.39, 0.29) is 0 Å². The number of nitrogens with zero attached hydrogens (tertiary/aromatic N) is 2. The molecule has 3 rings (SSSR count). The first-order chi connectivity index (χ1) is 8.58. The van der Waals surface area contributed by atoms with E-state index in [2.05, 4.69) is 10.4 Å². The summed E-state index contributed by atoms with van der Waals surface area (Å²) in [4.78, 5) is 4.19. The van der Waals surface area contributed by atoms with Gasteiger partial charge in [0.05, 0.1) is 5.70 Å². The summed E-state index contributed by atoms with van der Waals surface area (Å²) in [5.74, 6) is 1.08. The minimum atomic E-state index is -0.599. The van der Waals surface area contributed by atoms with Crippen molar-refractivity contribution in [3.8, 4) is 0 Å². The first-order valence-electron chi connectivity index (χ1n) is 6.43. The van der Waals surface area contributed by atoms with Gasteiger partial charge >= 0.3 is 0 Å². The lowest BCUT2D eigenvalue weighted by Gasteiger charge is -2.42. The maximum Gasteiger partial charge on any atom is 0.174 e. The SMILES string of the molecule is NC1=CC(N)(C2CCC(N)CC2)Nn2ccnc21. The van der Waals surface area contributed by atoms with E-state index in [1.165, 1.54) is 0 Å². The van der Waals surface area contributed by atoms with Gasteiger partial charge in [0.15, 0.2) is 5.82 Å². The second-order valence-corrected chi connectivity index (χ2v) is 5.38. The molecule has 0 saturated heterocycles. The number of fused-ring (bicyclic) bond motifs is 1. The van der Waals surface area contributed by atoms with Crippen molar-refractivity contribution < 1.29 is 0 Å². The number of imidazole rings is 1. The predicted octanol–water partition coefficient (Wildman–Crippen LogP) is -0.0877. The van der Waals surface area contributed by atoms with Crippen molar-refractivity contribution in [2.45, 2.75) is 37.4 Å². The summed E-state index contributed by atoms with van der Waals surface area (Å²) in [6.07, 6.45) is 9.55. The van der Waals surface area contributed by atoms with Crippen molar-refractivity contribution in [3.05, 3.63) is 24.3 Å². The molecular weight excluding hydrogens is 228 g/mol. The summed E-state index contributed by atoms with van der Waals surface area (Å²) in [6.45, 7) is 0. The molecule has 6 heteroatoms. The van der Waals surface area contributed by atoms with Crippen LogP contribution in [-0.2, 0) is 0 Å². The minimum Gasteiger partial charge on any atom is -0.396 e. The van der Waals surface area contributed by atoms with E-state index in [1.807, 2.05) is 16.9 Å². The quantitative estimate of drug-likeness (QED) is 0.555. The van der Waals surface area contributed by atoms with E-state index >= 15 is 0 Å². The molecule has 2 aliphatic rings. The molecule has 1 aromatic rings. The molecule has 1 aliphatic heterocycles. The molecule has 18 heavy (non-hydrogen) atoms. The molecule has 1 unspecified atom stereocenters. The predicted molar refractivity (Wildman–Crippen MR) is 70.6 cm³/mol. The molecule has 0 amide bonds. The Balaban J connectivity index is 1.86. The summed E-state index contributed by atoms with van der Waals surface area (Å²) >= 11 is 0. The molecular formula is C12H20N6. The van der Waals surface area contributed by atoms with Gasteiger partial charge in [-0.3, -0.25) is 0 Å². The average molecular weight is 248 g/mol. The van der Waals surface area contributed by atoms with Crippen molar-refractivity contribution in [1.82, 2.24) is 9.66 Å². The van der Waals surface area contributed by atoms with E-state index in [0.717, 1.165) is 31.5 Å². The zero-order chi connectivity index (χ0) is 12.8. The maximum absolute atomic E-state index is 6.49. The van der Waals surface area contributed by atoms with Crippen molar-refractivity contribution in [1.29, 1.82) is 0 Å². The van der Waals surface area contributed by atoms with Crippen LogP contribution in [0, 0.1) is 5.92 Å². The number of nitrogens with two attached hydrogens (primary N) is 3. The third-order valence-corrected chi connectivity index (χ3v) is 4.05. The van der Waals surface area contributed by atoms with Gasteiger partial charge in [0.1, 0.15) is 5.66 Å². The highest BCUT2D eigenvalue weighted by molar-refractivity contribution is 5.61. The monoisotopic (exact) mass is 248 g/mol. The Morgan fingerprint density at radius 1 is 1.33 bits per heavy atom. The second-order valence-electron chi connectivity index (χ2n) is 5.38. The fourth-order valence-corrected chi connectivity index (χ4v) is 2.98. The van der Waals surface area contributed by atoms with Gasteiger partial charge in [-0.25, -0.2) is 9.66 Å². The van der Waals surface area contributed by atoms with Crippen molar-refractivity contribution in [2.24, 2.45) is 23.1 Å². The molecule has 1 aliphatic carbocycles. The summed E-state index contributed by atoms with van der Waals surface area (Å²) in [5, 5.41) is 0. The number of hydrogen-bond acceptors (Lipinski definition) is 5. The molecule has 0 aromatic carbocycles. The molecule has 1 atom stereocenters. The lowest BCUT2D eigenvalue weighted by Crippen LogP contribution is -2.59. The first-order valence-corrected chi connectivity index (χ1v) is 6.43. The molecule has 7 N–H and O–H groups in total. The summed E-state index contributed by atoms with van der Waals surface area (Å²) < 4.78 is 1.81. The molecule has 1 aromatic heterocycles. The summed E-state index contributed by atoms with van der Waals surface area (Å²) in [6, 6.07) is 0.318. The van der Waals surface area contributed by atoms with Gasteiger partial charge in [-0.15, -0.1) is 0 Å². The molecule has 6 nitrogen and oxygen atoms in total. The lowest BCUT2D eigenvalue weighted by molar-refractivity contribution is 0.239. The van der Waals surface area contributed by atoms with Crippen LogP contribution in [0.25, 0.3) is 5.70 Å². The van der Waals surface area contributed by atoms with E-state index < -0.39 is 5.66 Å². The van der Waals surface area contributed by atoms with E-state index in [4.69, 9.17) is 17.2 Å². The first kappa shape index (κ1) is 11.6. The standard InChI is InChI=1S/C12H20N6/c13-9-3-1-8(2-4-9)12(15)7-10(14)11-16-5-6-18(11)17-12/h5-9,17H,1-4,13-15H2. The Kier molecular flexibility index (Phi) is 2.57. The van der Waals surface area contributed by atoms with Gasteiger partial charge in [0.25, 0.3) is 0 Å². The molecule has 0 bridgehead atoms. The van der Waals surface area contributed by atoms with E-state index in [0.29, 0.717) is 17.7 Å². The van der Waals surface area contributed by atoms with E-state index in [1.54, 1.807) is 6.20 Å². The molecule has 98 valence electrons. The van der Waals surface area contributed by atoms with Crippen LogP contribution in [-0.4, -0.2) is 21.4 Å². The normalized spacial score (nSPS) is 35.6. The third-order valence-electron chi connectivity index (χ3n) is 4.05. The number of aromatic nitrogens is 2. The molecule has 1 saturated carbocycles. The van der Waals surface area contributed by atoms with Gasteiger partial charge < -0.3 is 22.6 Å². The summed E-state index contributed by atoms with van der Waals surface area (Å²) in [5.41, 5.74) is 21.8. The highest BCUT2D eigenvalue weighted by Crippen LogP contribution is 2.33. The van der Waals surface area contributed by atoms with Crippen LogP contribution in [0.4, 0.5) is 0 Å². The summed E-state index contributed by atoms with van der Waals surface area (Å²) in [7, 11) is 0. The maximum atomic E-state index is 6.49. The van der Waals surface area contributed by atoms with Crippen molar-refractivity contribution in [3.63, 3.8) is 0 Å². The van der Waals surface area contributed by atoms with Gasteiger partial charge in [0, 0.05) is 24.4 Å². The van der Waals surface area contributed by atoms with E-state index in [9.17, 15) is 0 Å². The minimum absolute atomic E-state index is 0.318. The Hall–Kier alpha value is -1.53. The topological polar surface area (TPSA) is 108 Å².